The van der Waals surface area contributed by atoms with Crippen LogP contribution in [-0.2, 0) is 0 Å². The Labute approximate surface area is 81.0 Å². The predicted molar refractivity (Wildman–Crippen MR) is 57.3 cm³/mol. The van der Waals surface area contributed by atoms with E-state index in [4.69, 9.17) is 0 Å². The molecule has 0 aromatic rings. The highest BCUT2D eigenvalue weighted by Crippen LogP contribution is 2.45. The lowest BCUT2D eigenvalue weighted by atomic mass is 9.83. The van der Waals surface area contributed by atoms with Crippen molar-refractivity contribution in [1.29, 1.82) is 0 Å². The molecular weight excluding hydrogens is 156 g/mol. The summed E-state index contributed by atoms with van der Waals surface area (Å²) in [4.78, 5) is 0. The maximum Gasteiger partial charge on any atom is -0.0133 e. The van der Waals surface area contributed by atoms with Crippen LogP contribution in [0, 0.1) is 23.7 Å². The van der Waals surface area contributed by atoms with E-state index in [1.54, 1.807) is 0 Å². The Bertz CT molecular complexity index is 247. The molecule has 2 aliphatic carbocycles. The standard InChI is InChI=1S/C13H18/c1-3-6-11-9-10(2)12-7-4-5-8-13(11)12/h3-5,7-8,10-13H,1,6,9H2,2H3. The first-order chi connectivity index (χ1) is 6.33. The molecule has 70 valence electrons. The van der Waals surface area contributed by atoms with E-state index in [-0.39, 0.29) is 0 Å². The first-order valence-corrected chi connectivity index (χ1v) is 5.29. The maximum absolute atomic E-state index is 3.84. The Kier molecular flexibility index (Phi) is 2.39. The molecule has 0 aromatic carbocycles. The van der Waals surface area contributed by atoms with Gasteiger partial charge in [0.25, 0.3) is 0 Å². The molecule has 1 fully saturated rings. The summed E-state index contributed by atoms with van der Waals surface area (Å²) in [6, 6.07) is 0. The Morgan fingerprint density at radius 3 is 2.69 bits per heavy atom. The third kappa shape index (κ3) is 1.50. The Morgan fingerprint density at radius 1 is 1.31 bits per heavy atom. The van der Waals surface area contributed by atoms with E-state index < -0.39 is 0 Å². The third-order valence-corrected chi connectivity index (χ3v) is 3.57. The van der Waals surface area contributed by atoms with Gasteiger partial charge in [-0.1, -0.05) is 37.3 Å². The summed E-state index contributed by atoms with van der Waals surface area (Å²) < 4.78 is 0. The highest BCUT2D eigenvalue weighted by molar-refractivity contribution is 5.18. The molecule has 0 N–H and O–H groups in total. The van der Waals surface area contributed by atoms with Crippen LogP contribution in [0.4, 0.5) is 0 Å². The molecule has 0 heteroatoms. The minimum absolute atomic E-state index is 0.790. The molecule has 0 heterocycles. The molecule has 2 rings (SSSR count). The predicted octanol–water partition coefficient (Wildman–Crippen LogP) is 3.58. The van der Waals surface area contributed by atoms with Crippen LogP contribution in [0.15, 0.2) is 37.0 Å². The summed E-state index contributed by atoms with van der Waals surface area (Å²) in [5.74, 6) is 3.29. The zero-order valence-electron chi connectivity index (χ0n) is 8.32. The van der Waals surface area contributed by atoms with E-state index in [2.05, 4.69) is 43.9 Å². The van der Waals surface area contributed by atoms with Crippen molar-refractivity contribution in [1.82, 2.24) is 0 Å². The number of hydrogen-bond donors (Lipinski definition) is 0. The van der Waals surface area contributed by atoms with E-state index >= 15 is 0 Å². The normalized spacial score (nSPS) is 41.9. The van der Waals surface area contributed by atoms with Gasteiger partial charge in [-0.15, -0.1) is 6.58 Å². The summed E-state index contributed by atoms with van der Waals surface area (Å²) in [7, 11) is 0. The van der Waals surface area contributed by atoms with E-state index in [1.165, 1.54) is 12.8 Å². The zero-order valence-corrected chi connectivity index (χ0v) is 8.32. The summed E-state index contributed by atoms with van der Waals surface area (Å²) in [5, 5.41) is 0. The highest BCUT2D eigenvalue weighted by Gasteiger charge is 2.37. The van der Waals surface area contributed by atoms with Crippen LogP contribution in [0.1, 0.15) is 19.8 Å². The second-order valence-electron chi connectivity index (χ2n) is 4.42. The third-order valence-electron chi connectivity index (χ3n) is 3.57. The fraction of sp³-hybridized carbons (Fsp3) is 0.538. The zero-order chi connectivity index (χ0) is 9.26. The van der Waals surface area contributed by atoms with Crippen LogP contribution in [0.3, 0.4) is 0 Å². The average Bonchev–Trinajstić information content (AvgIpc) is 2.46. The van der Waals surface area contributed by atoms with Crippen LogP contribution in [0.2, 0.25) is 0 Å². The molecule has 0 bridgehead atoms. The fourth-order valence-corrected chi connectivity index (χ4v) is 2.94. The van der Waals surface area contributed by atoms with Gasteiger partial charge in [0, 0.05) is 0 Å². The first kappa shape index (κ1) is 8.80. The van der Waals surface area contributed by atoms with Gasteiger partial charge in [0.15, 0.2) is 0 Å². The second-order valence-corrected chi connectivity index (χ2v) is 4.42. The van der Waals surface area contributed by atoms with Crippen molar-refractivity contribution < 1.29 is 0 Å². The van der Waals surface area contributed by atoms with Gasteiger partial charge in [0.1, 0.15) is 0 Å². The number of allylic oxidation sites excluding steroid dienone is 5. The molecule has 0 amide bonds. The molecule has 13 heavy (non-hydrogen) atoms. The lowest BCUT2D eigenvalue weighted by Crippen LogP contribution is -2.14. The lowest BCUT2D eigenvalue weighted by Gasteiger charge is -2.21. The maximum atomic E-state index is 3.84. The smallest absolute Gasteiger partial charge is 0.0133 e. The Balaban J connectivity index is 2.14. The molecule has 0 aromatic heterocycles. The van der Waals surface area contributed by atoms with Gasteiger partial charge < -0.3 is 0 Å². The summed E-state index contributed by atoms with van der Waals surface area (Å²) in [5.41, 5.74) is 0. The van der Waals surface area contributed by atoms with E-state index in [0.717, 1.165) is 23.7 Å². The van der Waals surface area contributed by atoms with Crippen molar-refractivity contribution >= 4 is 0 Å². The van der Waals surface area contributed by atoms with Crippen molar-refractivity contribution in [2.45, 2.75) is 19.8 Å². The van der Waals surface area contributed by atoms with Gasteiger partial charge >= 0.3 is 0 Å². The number of rotatable bonds is 2. The van der Waals surface area contributed by atoms with Crippen LogP contribution < -0.4 is 0 Å². The number of hydrogen-bond acceptors (Lipinski definition) is 0. The summed E-state index contributed by atoms with van der Waals surface area (Å²) in [6.45, 7) is 6.22. The molecule has 0 radical (unpaired) electrons. The Hall–Kier alpha value is -0.780. The van der Waals surface area contributed by atoms with E-state index in [9.17, 15) is 0 Å². The topological polar surface area (TPSA) is 0 Å². The van der Waals surface area contributed by atoms with Crippen molar-refractivity contribution in [3.63, 3.8) is 0 Å². The molecule has 2 aliphatic rings. The molecule has 4 atom stereocenters. The van der Waals surface area contributed by atoms with Gasteiger partial charge in [-0.25, -0.2) is 0 Å². The molecule has 0 saturated heterocycles. The molecule has 1 saturated carbocycles. The van der Waals surface area contributed by atoms with E-state index in [0.29, 0.717) is 0 Å². The van der Waals surface area contributed by atoms with Gasteiger partial charge in [-0.2, -0.15) is 0 Å². The van der Waals surface area contributed by atoms with Crippen LogP contribution in [-0.4, -0.2) is 0 Å². The SMILES string of the molecule is C=CCC1CC(C)C2C=CC=CC12. The highest BCUT2D eigenvalue weighted by atomic mass is 14.4. The van der Waals surface area contributed by atoms with Crippen LogP contribution in [0.25, 0.3) is 0 Å². The summed E-state index contributed by atoms with van der Waals surface area (Å²) >= 11 is 0. The quantitative estimate of drug-likeness (QED) is 0.561. The van der Waals surface area contributed by atoms with Crippen molar-refractivity contribution in [3.8, 4) is 0 Å². The second kappa shape index (κ2) is 3.53. The van der Waals surface area contributed by atoms with Crippen molar-refractivity contribution in [3.05, 3.63) is 37.0 Å². The minimum Gasteiger partial charge on any atom is -0.103 e. The average molecular weight is 174 g/mol. The minimum atomic E-state index is 0.790. The first-order valence-electron chi connectivity index (χ1n) is 5.29. The fourth-order valence-electron chi connectivity index (χ4n) is 2.94. The van der Waals surface area contributed by atoms with Crippen molar-refractivity contribution in [2.75, 3.05) is 0 Å². The number of fused-ring (bicyclic) bond motifs is 1. The summed E-state index contributed by atoms with van der Waals surface area (Å²) in [6.07, 6.45) is 13.8. The molecule has 0 nitrogen and oxygen atoms in total. The van der Waals surface area contributed by atoms with E-state index in [1.807, 2.05) is 0 Å². The molecule has 0 spiro atoms. The Morgan fingerprint density at radius 2 is 2.00 bits per heavy atom. The largest absolute Gasteiger partial charge is 0.103 e. The van der Waals surface area contributed by atoms with Gasteiger partial charge in [-0.3, -0.25) is 0 Å². The van der Waals surface area contributed by atoms with Gasteiger partial charge in [0.05, 0.1) is 0 Å². The molecular formula is C13H18. The van der Waals surface area contributed by atoms with Gasteiger partial charge in [-0.05, 0) is 36.5 Å². The van der Waals surface area contributed by atoms with Crippen LogP contribution >= 0.6 is 0 Å². The monoisotopic (exact) mass is 174 g/mol. The lowest BCUT2D eigenvalue weighted by molar-refractivity contribution is 0.412. The molecule has 4 unspecified atom stereocenters. The van der Waals surface area contributed by atoms with Gasteiger partial charge in [0.2, 0.25) is 0 Å². The van der Waals surface area contributed by atoms with Crippen molar-refractivity contribution in [2.24, 2.45) is 23.7 Å². The molecule has 0 aliphatic heterocycles. The van der Waals surface area contributed by atoms with Crippen LogP contribution in [0.5, 0.6) is 0 Å².